The first kappa shape index (κ1) is 27.4. The predicted molar refractivity (Wildman–Crippen MR) is 137 cm³/mol. The summed E-state index contributed by atoms with van der Waals surface area (Å²) >= 11 is 0. The van der Waals surface area contributed by atoms with Crippen molar-refractivity contribution < 1.29 is 23.9 Å². The Morgan fingerprint density at radius 1 is 1.06 bits per heavy atom. The Bertz CT molecular complexity index is 1040. The van der Waals surface area contributed by atoms with Crippen LogP contribution in [0.2, 0.25) is 0 Å². The van der Waals surface area contributed by atoms with E-state index >= 15 is 0 Å². The molecule has 3 unspecified atom stereocenters. The van der Waals surface area contributed by atoms with Crippen molar-refractivity contribution in [3.05, 3.63) is 71.8 Å². The van der Waals surface area contributed by atoms with E-state index in [1.165, 1.54) is 0 Å². The zero-order valence-electron chi connectivity index (χ0n) is 21.5. The van der Waals surface area contributed by atoms with Crippen LogP contribution in [0.25, 0.3) is 0 Å². The number of nitrogens with zero attached hydrogens (tertiary/aromatic N) is 1. The van der Waals surface area contributed by atoms with E-state index in [9.17, 15) is 14.4 Å². The van der Waals surface area contributed by atoms with Gasteiger partial charge in [-0.1, -0.05) is 67.6 Å². The number of carbonyl (C=O) groups excluding carboxylic acids is 3. The number of hydrogen-bond donors (Lipinski definition) is 2. The highest BCUT2D eigenvalue weighted by Crippen LogP contribution is 2.42. The van der Waals surface area contributed by atoms with Crippen LogP contribution < -0.4 is 11.1 Å². The number of nitrogens with one attached hydrogen (secondary N) is 1. The van der Waals surface area contributed by atoms with Crippen molar-refractivity contribution in [3.63, 3.8) is 0 Å². The standard InChI is InChI=1S/C28H37N3O5/c1-5-22(32)31-18-17-28(26(34)35-6-2,21-15-11-8-12-16-21)23(24(31)30-25(33)27(3,4)29)36-19-20-13-9-7-10-14-20/h7-16,23-24H,5-6,17-19,29H2,1-4H3,(H,30,33). The third-order valence-corrected chi connectivity index (χ3v) is 6.54. The van der Waals surface area contributed by atoms with Gasteiger partial charge in [0.25, 0.3) is 0 Å². The summed E-state index contributed by atoms with van der Waals surface area (Å²) in [6.45, 7) is 7.29. The first-order chi connectivity index (χ1) is 17.1. The molecule has 0 radical (unpaired) electrons. The van der Waals surface area contributed by atoms with E-state index in [1.807, 2.05) is 60.7 Å². The second-order valence-electron chi connectivity index (χ2n) is 9.61. The Hall–Kier alpha value is -3.23. The summed E-state index contributed by atoms with van der Waals surface area (Å²) in [7, 11) is 0. The Kier molecular flexibility index (Phi) is 8.87. The summed E-state index contributed by atoms with van der Waals surface area (Å²) in [6, 6.07) is 18.8. The molecule has 36 heavy (non-hydrogen) atoms. The maximum Gasteiger partial charge on any atom is 0.319 e. The number of amides is 2. The van der Waals surface area contributed by atoms with E-state index in [0.717, 1.165) is 5.56 Å². The molecule has 194 valence electrons. The van der Waals surface area contributed by atoms with Gasteiger partial charge < -0.3 is 25.4 Å². The number of likely N-dealkylation sites (tertiary alicyclic amines) is 1. The largest absolute Gasteiger partial charge is 0.465 e. The van der Waals surface area contributed by atoms with Crippen LogP contribution in [-0.4, -0.2) is 53.6 Å². The van der Waals surface area contributed by atoms with Crippen LogP contribution in [0.4, 0.5) is 0 Å². The summed E-state index contributed by atoms with van der Waals surface area (Å²) in [5, 5.41) is 2.94. The van der Waals surface area contributed by atoms with Crippen molar-refractivity contribution in [3.8, 4) is 0 Å². The van der Waals surface area contributed by atoms with Crippen molar-refractivity contribution >= 4 is 17.8 Å². The number of piperidine rings is 1. The first-order valence-electron chi connectivity index (χ1n) is 12.4. The molecule has 0 aliphatic carbocycles. The fraction of sp³-hybridized carbons (Fsp3) is 0.464. The van der Waals surface area contributed by atoms with Crippen LogP contribution in [0.15, 0.2) is 60.7 Å². The van der Waals surface area contributed by atoms with Crippen LogP contribution in [0.1, 0.15) is 51.7 Å². The molecule has 3 N–H and O–H groups in total. The summed E-state index contributed by atoms with van der Waals surface area (Å²) in [6.07, 6.45) is -1.36. The number of hydrogen-bond acceptors (Lipinski definition) is 6. The van der Waals surface area contributed by atoms with Gasteiger partial charge in [0, 0.05) is 13.0 Å². The van der Waals surface area contributed by atoms with Gasteiger partial charge in [0.2, 0.25) is 11.8 Å². The highest BCUT2D eigenvalue weighted by Gasteiger charge is 2.58. The average molecular weight is 496 g/mol. The zero-order chi connectivity index (χ0) is 26.3. The number of esters is 1. The van der Waals surface area contributed by atoms with Crippen LogP contribution in [0.3, 0.4) is 0 Å². The molecule has 1 saturated heterocycles. The second kappa shape index (κ2) is 11.7. The van der Waals surface area contributed by atoms with Gasteiger partial charge >= 0.3 is 5.97 Å². The molecule has 8 nitrogen and oxygen atoms in total. The lowest BCUT2D eigenvalue weighted by molar-refractivity contribution is -0.177. The Morgan fingerprint density at radius 3 is 2.22 bits per heavy atom. The van der Waals surface area contributed by atoms with Crippen LogP contribution in [0, 0.1) is 0 Å². The Morgan fingerprint density at radius 2 is 1.67 bits per heavy atom. The normalized spacial score (nSPS) is 22.1. The lowest BCUT2D eigenvalue weighted by Crippen LogP contribution is -2.71. The van der Waals surface area contributed by atoms with Gasteiger partial charge in [-0.2, -0.15) is 0 Å². The first-order valence-corrected chi connectivity index (χ1v) is 12.4. The second-order valence-corrected chi connectivity index (χ2v) is 9.61. The maximum absolute atomic E-state index is 13.8. The quantitative estimate of drug-likeness (QED) is 0.518. The molecule has 1 fully saturated rings. The fourth-order valence-corrected chi connectivity index (χ4v) is 4.60. The molecule has 3 rings (SSSR count). The summed E-state index contributed by atoms with van der Waals surface area (Å²) in [5.41, 5.74) is 5.24. The van der Waals surface area contributed by atoms with Gasteiger partial charge in [0.15, 0.2) is 0 Å². The van der Waals surface area contributed by atoms with Gasteiger partial charge in [0.1, 0.15) is 17.7 Å². The van der Waals surface area contributed by atoms with Crippen molar-refractivity contribution in [2.45, 2.75) is 70.4 Å². The average Bonchev–Trinajstić information content (AvgIpc) is 2.87. The molecule has 0 aromatic heterocycles. The van der Waals surface area contributed by atoms with E-state index in [2.05, 4.69) is 5.32 Å². The Balaban J connectivity index is 2.17. The lowest BCUT2D eigenvalue weighted by atomic mass is 9.69. The summed E-state index contributed by atoms with van der Waals surface area (Å²) in [5.74, 6) is -1.07. The molecule has 1 aliphatic heterocycles. The van der Waals surface area contributed by atoms with Crippen LogP contribution in [0.5, 0.6) is 0 Å². The molecule has 1 aliphatic rings. The van der Waals surface area contributed by atoms with E-state index in [1.54, 1.807) is 32.6 Å². The Labute approximate surface area is 213 Å². The molecular weight excluding hydrogens is 458 g/mol. The minimum absolute atomic E-state index is 0.158. The number of benzene rings is 2. The van der Waals surface area contributed by atoms with Crippen molar-refractivity contribution in [2.75, 3.05) is 13.2 Å². The van der Waals surface area contributed by atoms with Crippen molar-refractivity contribution in [2.24, 2.45) is 5.73 Å². The van der Waals surface area contributed by atoms with E-state index < -0.39 is 35.1 Å². The highest BCUT2D eigenvalue weighted by molar-refractivity contribution is 5.88. The molecule has 2 aromatic rings. The highest BCUT2D eigenvalue weighted by atomic mass is 16.5. The smallest absolute Gasteiger partial charge is 0.319 e. The van der Waals surface area contributed by atoms with Crippen LogP contribution in [-0.2, 0) is 35.9 Å². The van der Waals surface area contributed by atoms with Crippen molar-refractivity contribution in [1.82, 2.24) is 10.2 Å². The number of rotatable bonds is 9. The molecule has 2 aromatic carbocycles. The lowest BCUT2D eigenvalue weighted by Gasteiger charge is -2.51. The van der Waals surface area contributed by atoms with Gasteiger partial charge in [0.05, 0.1) is 18.8 Å². The molecule has 3 atom stereocenters. The topological polar surface area (TPSA) is 111 Å². The van der Waals surface area contributed by atoms with Crippen molar-refractivity contribution in [1.29, 1.82) is 0 Å². The van der Waals surface area contributed by atoms with Gasteiger partial charge in [-0.05, 0) is 38.3 Å². The number of carbonyl (C=O) groups is 3. The molecule has 8 heteroatoms. The zero-order valence-corrected chi connectivity index (χ0v) is 21.5. The molecule has 2 amide bonds. The van der Waals surface area contributed by atoms with Gasteiger partial charge in [-0.3, -0.25) is 14.4 Å². The molecule has 0 bridgehead atoms. The SMILES string of the molecule is CCOC(=O)C1(c2ccccc2)CCN(C(=O)CC)C(NC(=O)C(C)(C)N)C1OCc1ccccc1. The number of nitrogens with two attached hydrogens (primary N) is 1. The maximum atomic E-state index is 13.8. The van der Waals surface area contributed by atoms with Crippen LogP contribution >= 0.6 is 0 Å². The minimum atomic E-state index is -1.26. The summed E-state index contributed by atoms with van der Waals surface area (Å²) < 4.78 is 12.1. The third kappa shape index (κ3) is 5.77. The summed E-state index contributed by atoms with van der Waals surface area (Å²) in [4.78, 5) is 41.5. The fourth-order valence-electron chi connectivity index (χ4n) is 4.60. The monoisotopic (exact) mass is 495 g/mol. The van der Waals surface area contributed by atoms with Gasteiger partial charge in [-0.15, -0.1) is 0 Å². The van der Waals surface area contributed by atoms with E-state index in [0.29, 0.717) is 5.56 Å². The van der Waals surface area contributed by atoms with Gasteiger partial charge in [-0.25, -0.2) is 0 Å². The molecule has 1 heterocycles. The minimum Gasteiger partial charge on any atom is -0.465 e. The van der Waals surface area contributed by atoms with E-state index in [4.69, 9.17) is 15.2 Å². The molecule has 0 spiro atoms. The molecular formula is C28H37N3O5. The third-order valence-electron chi connectivity index (χ3n) is 6.54. The molecule has 0 saturated carbocycles. The predicted octanol–water partition coefficient (Wildman–Crippen LogP) is 2.89. The van der Waals surface area contributed by atoms with E-state index in [-0.39, 0.29) is 38.5 Å². The number of ether oxygens (including phenoxy) is 2.